The molecule has 0 fully saturated rings. The van der Waals surface area contributed by atoms with Crippen LogP contribution in [0.15, 0.2) is 53.6 Å². The van der Waals surface area contributed by atoms with Gasteiger partial charge in [-0.2, -0.15) is 5.10 Å². The van der Waals surface area contributed by atoms with Crippen LogP contribution in [0.1, 0.15) is 12.5 Å². The van der Waals surface area contributed by atoms with Crippen molar-refractivity contribution in [2.45, 2.75) is 6.92 Å². The van der Waals surface area contributed by atoms with Crippen molar-refractivity contribution >= 4 is 40.7 Å². The molecule has 0 heterocycles. The van der Waals surface area contributed by atoms with Gasteiger partial charge in [-0.15, -0.1) is 0 Å². The first-order valence-electron chi connectivity index (χ1n) is 7.02. The van der Waals surface area contributed by atoms with Crippen LogP contribution in [-0.2, 0) is 9.59 Å². The molecule has 2 aromatic carbocycles. The fourth-order valence-electron chi connectivity index (χ4n) is 1.72. The number of rotatable bonds is 6. The molecular formula is C17H15IN2O4. The first kappa shape index (κ1) is 17.9. The average molecular weight is 438 g/mol. The number of halogens is 1. The topological polar surface area (TPSA) is 77.0 Å². The number of para-hydroxylation sites is 1. The highest BCUT2D eigenvalue weighted by molar-refractivity contribution is 14.1. The second kappa shape index (κ2) is 9.02. The molecule has 0 aromatic heterocycles. The second-order valence-electron chi connectivity index (χ2n) is 4.67. The van der Waals surface area contributed by atoms with Gasteiger partial charge >= 0.3 is 5.97 Å². The second-order valence-corrected chi connectivity index (χ2v) is 5.91. The lowest BCUT2D eigenvalue weighted by Crippen LogP contribution is -2.24. The van der Waals surface area contributed by atoms with Crippen molar-refractivity contribution in [3.05, 3.63) is 57.7 Å². The van der Waals surface area contributed by atoms with Gasteiger partial charge in [0.05, 0.1) is 6.21 Å². The lowest BCUT2D eigenvalue weighted by atomic mass is 10.2. The number of ether oxygens (including phenoxy) is 2. The summed E-state index contributed by atoms with van der Waals surface area (Å²) < 4.78 is 11.5. The molecule has 7 heteroatoms. The zero-order chi connectivity index (χ0) is 17.4. The van der Waals surface area contributed by atoms with Crippen molar-refractivity contribution in [1.82, 2.24) is 5.43 Å². The monoisotopic (exact) mass is 438 g/mol. The Hall–Kier alpha value is -2.42. The van der Waals surface area contributed by atoms with Crippen LogP contribution in [0.5, 0.6) is 11.5 Å². The standard InChI is InChI=1S/C17H15IN2O4/c1-12(21)24-16-5-3-2-4-13(16)10-19-20-17(22)11-23-15-8-6-14(18)7-9-15/h2-10H,11H2,1H3,(H,20,22)/b19-10+. The summed E-state index contributed by atoms with van der Waals surface area (Å²) in [4.78, 5) is 22.7. The van der Waals surface area contributed by atoms with E-state index in [0.29, 0.717) is 17.1 Å². The number of hydrazone groups is 1. The van der Waals surface area contributed by atoms with Crippen molar-refractivity contribution in [2.75, 3.05) is 6.61 Å². The lowest BCUT2D eigenvalue weighted by molar-refractivity contribution is -0.132. The van der Waals surface area contributed by atoms with Crippen molar-refractivity contribution in [1.29, 1.82) is 0 Å². The summed E-state index contributed by atoms with van der Waals surface area (Å²) >= 11 is 2.19. The van der Waals surface area contributed by atoms with Crippen molar-refractivity contribution < 1.29 is 19.1 Å². The van der Waals surface area contributed by atoms with Gasteiger partial charge in [0.15, 0.2) is 6.61 Å². The molecule has 0 atom stereocenters. The number of amides is 1. The number of nitrogens with one attached hydrogen (secondary N) is 1. The van der Waals surface area contributed by atoms with E-state index in [1.165, 1.54) is 13.1 Å². The highest BCUT2D eigenvalue weighted by Crippen LogP contribution is 2.16. The van der Waals surface area contributed by atoms with E-state index in [4.69, 9.17) is 9.47 Å². The molecule has 124 valence electrons. The minimum atomic E-state index is -0.425. The van der Waals surface area contributed by atoms with Crippen molar-refractivity contribution in [3.63, 3.8) is 0 Å². The molecule has 0 saturated heterocycles. The first-order chi connectivity index (χ1) is 11.5. The highest BCUT2D eigenvalue weighted by atomic mass is 127. The SMILES string of the molecule is CC(=O)Oc1ccccc1/C=N/NC(=O)COc1ccc(I)cc1. The Kier molecular flexibility index (Phi) is 6.74. The lowest BCUT2D eigenvalue weighted by Gasteiger charge is -2.06. The minimum absolute atomic E-state index is 0.149. The first-order valence-corrected chi connectivity index (χ1v) is 8.10. The molecule has 1 N–H and O–H groups in total. The maximum atomic E-state index is 11.7. The number of benzene rings is 2. The summed E-state index contributed by atoms with van der Waals surface area (Å²) in [7, 11) is 0. The number of esters is 1. The van der Waals surface area contributed by atoms with Gasteiger partial charge < -0.3 is 9.47 Å². The Labute approximate surface area is 153 Å². The summed E-state index contributed by atoms with van der Waals surface area (Å²) in [5.41, 5.74) is 2.93. The molecule has 0 spiro atoms. The van der Waals surface area contributed by atoms with E-state index in [9.17, 15) is 9.59 Å². The summed E-state index contributed by atoms with van der Waals surface area (Å²) in [5, 5.41) is 3.84. The Morgan fingerprint density at radius 3 is 2.58 bits per heavy atom. The van der Waals surface area contributed by atoms with Gasteiger partial charge in [-0.1, -0.05) is 12.1 Å². The van der Waals surface area contributed by atoms with E-state index < -0.39 is 11.9 Å². The molecule has 0 unspecified atom stereocenters. The van der Waals surface area contributed by atoms with Crippen LogP contribution in [-0.4, -0.2) is 24.7 Å². The van der Waals surface area contributed by atoms with Crippen LogP contribution in [0.4, 0.5) is 0 Å². The number of nitrogens with zero attached hydrogens (tertiary/aromatic N) is 1. The van der Waals surface area contributed by atoms with E-state index in [0.717, 1.165) is 3.57 Å². The molecule has 2 rings (SSSR count). The largest absolute Gasteiger partial charge is 0.484 e. The molecule has 0 aliphatic rings. The third kappa shape index (κ3) is 5.99. The molecule has 1 amide bonds. The Balaban J connectivity index is 1.86. The fraction of sp³-hybridized carbons (Fsp3) is 0.118. The smallest absolute Gasteiger partial charge is 0.308 e. The molecular weight excluding hydrogens is 423 g/mol. The van der Waals surface area contributed by atoms with Crippen LogP contribution in [0, 0.1) is 3.57 Å². The van der Waals surface area contributed by atoms with Gasteiger partial charge in [0, 0.05) is 16.1 Å². The Bertz CT molecular complexity index is 745. The Morgan fingerprint density at radius 1 is 1.17 bits per heavy atom. The van der Waals surface area contributed by atoms with E-state index in [1.54, 1.807) is 36.4 Å². The van der Waals surface area contributed by atoms with Crippen molar-refractivity contribution in [2.24, 2.45) is 5.10 Å². The van der Waals surface area contributed by atoms with Crippen molar-refractivity contribution in [3.8, 4) is 11.5 Å². The number of hydrogen-bond donors (Lipinski definition) is 1. The number of carbonyl (C=O) groups is 2. The quantitative estimate of drug-likeness (QED) is 0.248. The molecule has 24 heavy (non-hydrogen) atoms. The van der Waals surface area contributed by atoms with Crippen LogP contribution in [0.25, 0.3) is 0 Å². The van der Waals surface area contributed by atoms with Crippen LogP contribution >= 0.6 is 22.6 Å². The van der Waals surface area contributed by atoms with E-state index in [2.05, 4.69) is 33.1 Å². The van der Waals surface area contributed by atoms with Gasteiger partial charge in [-0.3, -0.25) is 9.59 Å². The summed E-state index contributed by atoms with van der Waals surface area (Å²) in [6.07, 6.45) is 1.40. The summed E-state index contributed by atoms with van der Waals surface area (Å²) in [6.45, 7) is 1.17. The zero-order valence-corrected chi connectivity index (χ0v) is 15.0. The van der Waals surface area contributed by atoms with Crippen LogP contribution < -0.4 is 14.9 Å². The van der Waals surface area contributed by atoms with Gasteiger partial charge in [0.25, 0.3) is 5.91 Å². The molecule has 0 aliphatic carbocycles. The molecule has 0 bridgehead atoms. The number of carbonyl (C=O) groups excluding carboxylic acids is 2. The normalized spacial score (nSPS) is 10.4. The summed E-state index contributed by atoms with van der Waals surface area (Å²) in [6, 6.07) is 14.2. The fourth-order valence-corrected chi connectivity index (χ4v) is 2.08. The molecule has 0 aliphatic heterocycles. The maximum absolute atomic E-state index is 11.7. The van der Waals surface area contributed by atoms with Gasteiger partial charge in [-0.25, -0.2) is 5.43 Å². The molecule has 2 aromatic rings. The van der Waals surface area contributed by atoms with E-state index >= 15 is 0 Å². The third-order valence-electron chi connectivity index (χ3n) is 2.75. The highest BCUT2D eigenvalue weighted by Gasteiger charge is 2.04. The molecule has 0 saturated carbocycles. The summed E-state index contributed by atoms with van der Waals surface area (Å²) in [5.74, 6) is 0.161. The number of hydrogen-bond acceptors (Lipinski definition) is 5. The molecule has 6 nitrogen and oxygen atoms in total. The zero-order valence-electron chi connectivity index (χ0n) is 12.9. The van der Waals surface area contributed by atoms with Crippen LogP contribution in [0.2, 0.25) is 0 Å². The van der Waals surface area contributed by atoms with Gasteiger partial charge in [0.2, 0.25) is 0 Å². The Morgan fingerprint density at radius 2 is 1.88 bits per heavy atom. The molecule has 0 radical (unpaired) electrons. The van der Waals surface area contributed by atoms with Crippen LogP contribution in [0.3, 0.4) is 0 Å². The minimum Gasteiger partial charge on any atom is -0.484 e. The van der Waals surface area contributed by atoms with Gasteiger partial charge in [0.1, 0.15) is 11.5 Å². The van der Waals surface area contributed by atoms with Gasteiger partial charge in [-0.05, 0) is 59.0 Å². The van der Waals surface area contributed by atoms with E-state index in [1.807, 2.05) is 12.1 Å². The predicted molar refractivity (Wildman–Crippen MR) is 98.1 cm³/mol. The average Bonchev–Trinajstić information content (AvgIpc) is 2.55. The van der Waals surface area contributed by atoms with E-state index in [-0.39, 0.29) is 6.61 Å². The predicted octanol–water partition coefficient (Wildman–Crippen LogP) is 2.75. The maximum Gasteiger partial charge on any atom is 0.308 e. The third-order valence-corrected chi connectivity index (χ3v) is 3.47.